The number of aromatic nitrogens is 1. The highest BCUT2D eigenvalue weighted by atomic mass is 35.5. The summed E-state index contributed by atoms with van der Waals surface area (Å²) >= 11 is 17.6. The zero-order chi connectivity index (χ0) is 15.9. The minimum absolute atomic E-state index is 0.0613. The van der Waals surface area contributed by atoms with Gasteiger partial charge in [-0.2, -0.15) is 0 Å². The van der Waals surface area contributed by atoms with E-state index in [2.05, 4.69) is 10.3 Å². The smallest absolute Gasteiger partial charge is 0.272 e. The fourth-order valence-electron chi connectivity index (χ4n) is 2.06. The summed E-state index contributed by atoms with van der Waals surface area (Å²) in [5.41, 5.74) is 1.56. The quantitative estimate of drug-likeness (QED) is 0.561. The molecule has 0 radical (unpaired) electrons. The van der Waals surface area contributed by atoms with Gasteiger partial charge in [0.25, 0.3) is 5.91 Å². The predicted octanol–water partition coefficient (Wildman–Crippen LogP) is 5.09. The third-order valence-electron chi connectivity index (χ3n) is 3.10. The summed E-state index contributed by atoms with van der Waals surface area (Å²) in [5.74, 6) is -0.577. The Morgan fingerprint density at radius 3 is 2.41 bits per heavy atom. The molecule has 0 atom stereocenters. The molecule has 0 aliphatic carbocycles. The van der Waals surface area contributed by atoms with Crippen molar-refractivity contribution >= 4 is 57.3 Å². The molecule has 3 N–H and O–H groups in total. The summed E-state index contributed by atoms with van der Waals surface area (Å²) in [6, 6.07) is 9.82. The van der Waals surface area contributed by atoms with Crippen molar-refractivity contribution in [2.75, 3.05) is 5.32 Å². The van der Waals surface area contributed by atoms with E-state index in [9.17, 15) is 9.90 Å². The summed E-state index contributed by atoms with van der Waals surface area (Å²) in [7, 11) is 0. The topological polar surface area (TPSA) is 65.1 Å². The molecule has 22 heavy (non-hydrogen) atoms. The molecule has 1 amide bonds. The number of carbonyl (C=O) groups is 1. The van der Waals surface area contributed by atoms with Gasteiger partial charge in [0.2, 0.25) is 0 Å². The minimum Gasteiger partial charge on any atom is -0.505 e. The van der Waals surface area contributed by atoms with Crippen LogP contribution in [0.15, 0.2) is 36.4 Å². The molecule has 3 rings (SSSR count). The molecule has 0 saturated heterocycles. The first-order chi connectivity index (χ1) is 10.4. The number of hydrogen-bond donors (Lipinski definition) is 3. The molecule has 0 fully saturated rings. The molecule has 0 aliphatic rings. The predicted molar refractivity (Wildman–Crippen MR) is 89.4 cm³/mol. The Hall–Kier alpha value is -1.88. The fraction of sp³-hybridized carbons (Fsp3) is 0. The summed E-state index contributed by atoms with van der Waals surface area (Å²) in [4.78, 5) is 15.2. The summed E-state index contributed by atoms with van der Waals surface area (Å²) in [6.45, 7) is 0. The van der Waals surface area contributed by atoms with Crippen LogP contribution in [0.25, 0.3) is 10.9 Å². The van der Waals surface area contributed by atoms with Crippen LogP contribution in [0.3, 0.4) is 0 Å². The zero-order valence-electron chi connectivity index (χ0n) is 11.0. The van der Waals surface area contributed by atoms with E-state index in [1.165, 1.54) is 12.1 Å². The van der Waals surface area contributed by atoms with E-state index in [1.54, 1.807) is 24.3 Å². The number of nitrogens with one attached hydrogen (secondary N) is 2. The number of aromatic hydroxyl groups is 1. The fourth-order valence-corrected chi connectivity index (χ4v) is 2.73. The van der Waals surface area contributed by atoms with Crippen LogP contribution in [0.5, 0.6) is 5.75 Å². The van der Waals surface area contributed by atoms with Crippen LogP contribution in [0.2, 0.25) is 15.1 Å². The van der Waals surface area contributed by atoms with E-state index in [0.29, 0.717) is 16.4 Å². The second kappa shape index (κ2) is 5.72. The number of aromatic amines is 1. The van der Waals surface area contributed by atoms with E-state index in [1.807, 2.05) is 0 Å². The van der Waals surface area contributed by atoms with Crippen molar-refractivity contribution in [1.82, 2.24) is 4.98 Å². The third kappa shape index (κ3) is 2.86. The minimum atomic E-state index is -0.356. The lowest BCUT2D eigenvalue weighted by atomic mass is 10.2. The van der Waals surface area contributed by atoms with Gasteiger partial charge < -0.3 is 15.4 Å². The Morgan fingerprint density at radius 2 is 1.73 bits per heavy atom. The molecule has 0 unspecified atom stereocenters. The molecule has 1 heterocycles. The molecular formula is C15H9Cl3N2O2. The van der Waals surface area contributed by atoms with Crippen molar-refractivity contribution in [3.63, 3.8) is 0 Å². The van der Waals surface area contributed by atoms with Gasteiger partial charge in [0.15, 0.2) is 5.75 Å². The van der Waals surface area contributed by atoms with Crippen LogP contribution in [0.1, 0.15) is 10.5 Å². The lowest BCUT2D eigenvalue weighted by Crippen LogP contribution is -2.12. The maximum Gasteiger partial charge on any atom is 0.272 e. The number of halogens is 3. The van der Waals surface area contributed by atoms with E-state index in [0.717, 1.165) is 10.9 Å². The van der Waals surface area contributed by atoms with Crippen molar-refractivity contribution in [3.05, 3.63) is 57.2 Å². The molecule has 0 aliphatic heterocycles. The summed E-state index contributed by atoms with van der Waals surface area (Å²) < 4.78 is 0. The first kappa shape index (κ1) is 15.0. The third-order valence-corrected chi connectivity index (χ3v) is 3.91. The average molecular weight is 356 g/mol. The summed E-state index contributed by atoms with van der Waals surface area (Å²) in [5, 5.41) is 13.7. The van der Waals surface area contributed by atoms with Crippen LogP contribution in [-0.4, -0.2) is 16.0 Å². The van der Waals surface area contributed by atoms with Gasteiger partial charge in [-0.1, -0.05) is 34.8 Å². The van der Waals surface area contributed by atoms with Crippen molar-refractivity contribution < 1.29 is 9.90 Å². The number of benzene rings is 2. The lowest BCUT2D eigenvalue weighted by molar-refractivity contribution is 0.102. The van der Waals surface area contributed by atoms with Crippen molar-refractivity contribution in [3.8, 4) is 5.75 Å². The Labute approximate surface area is 140 Å². The van der Waals surface area contributed by atoms with E-state index >= 15 is 0 Å². The standard InChI is InChI=1S/C15H9Cl3N2O2/c16-8-1-2-12-7(3-8)4-13(20-12)15(22)19-9-5-10(17)14(21)11(18)6-9/h1-6,20-21H,(H,19,22). The molecular weight excluding hydrogens is 347 g/mol. The van der Waals surface area contributed by atoms with E-state index in [-0.39, 0.29) is 21.7 Å². The Kier molecular flexibility index (Phi) is 3.91. The van der Waals surface area contributed by atoms with Crippen LogP contribution >= 0.6 is 34.8 Å². The van der Waals surface area contributed by atoms with Crippen LogP contribution < -0.4 is 5.32 Å². The van der Waals surface area contributed by atoms with Gasteiger partial charge in [-0.25, -0.2) is 0 Å². The highest BCUT2D eigenvalue weighted by Gasteiger charge is 2.12. The molecule has 1 aromatic heterocycles. The number of carbonyl (C=O) groups excluding carboxylic acids is 1. The largest absolute Gasteiger partial charge is 0.505 e. The number of amides is 1. The zero-order valence-corrected chi connectivity index (χ0v) is 13.2. The van der Waals surface area contributed by atoms with Gasteiger partial charge in [0.1, 0.15) is 5.69 Å². The number of H-pyrrole nitrogens is 1. The van der Waals surface area contributed by atoms with Gasteiger partial charge in [-0.3, -0.25) is 4.79 Å². The number of rotatable bonds is 2. The maximum atomic E-state index is 12.3. The van der Waals surface area contributed by atoms with Crippen molar-refractivity contribution in [2.24, 2.45) is 0 Å². The van der Waals surface area contributed by atoms with Crippen molar-refractivity contribution in [2.45, 2.75) is 0 Å². The molecule has 0 bridgehead atoms. The molecule has 4 nitrogen and oxygen atoms in total. The molecule has 0 spiro atoms. The first-order valence-corrected chi connectivity index (χ1v) is 7.35. The first-order valence-electron chi connectivity index (χ1n) is 6.21. The normalized spacial score (nSPS) is 10.9. The molecule has 0 saturated carbocycles. The van der Waals surface area contributed by atoms with Crippen LogP contribution in [0.4, 0.5) is 5.69 Å². The van der Waals surface area contributed by atoms with Gasteiger partial charge in [-0.15, -0.1) is 0 Å². The van der Waals surface area contributed by atoms with Gasteiger partial charge >= 0.3 is 0 Å². The van der Waals surface area contributed by atoms with Gasteiger partial charge in [0.05, 0.1) is 10.0 Å². The number of fused-ring (bicyclic) bond motifs is 1. The highest BCUT2D eigenvalue weighted by Crippen LogP contribution is 2.34. The Bertz CT molecular complexity index is 867. The molecule has 3 aromatic rings. The SMILES string of the molecule is O=C(Nc1cc(Cl)c(O)c(Cl)c1)c1cc2cc(Cl)ccc2[nH]1. The number of anilines is 1. The average Bonchev–Trinajstić information content (AvgIpc) is 2.87. The monoisotopic (exact) mass is 354 g/mol. The maximum absolute atomic E-state index is 12.3. The molecule has 112 valence electrons. The number of hydrogen-bond acceptors (Lipinski definition) is 2. The molecule has 2 aromatic carbocycles. The van der Waals surface area contributed by atoms with Gasteiger partial charge in [0, 0.05) is 21.6 Å². The van der Waals surface area contributed by atoms with E-state index < -0.39 is 0 Å². The van der Waals surface area contributed by atoms with Crippen LogP contribution in [-0.2, 0) is 0 Å². The summed E-state index contributed by atoms with van der Waals surface area (Å²) in [6.07, 6.45) is 0. The highest BCUT2D eigenvalue weighted by molar-refractivity contribution is 6.37. The van der Waals surface area contributed by atoms with Gasteiger partial charge in [-0.05, 0) is 36.4 Å². The van der Waals surface area contributed by atoms with Crippen molar-refractivity contribution in [1.29, 1.82) is 0 Å². The number of phenolic OH excluding ortho intramolecular Hbond substituents is 1. The van der Waals surface area contributed by atoms with E-state index in [4.69, 9.17) is 34.8 Å². The second-order valence-corrected chi connectivity index (χ2v) is 5.91. The number of phenols is 1. The second-order valence-electron chi connectivity index (χ2n) is 4.66. The lowest BCUT2D eigenvalue weighted by Gasteiger charge is -2.06. The van der Waals surface area contributed by atoms with Crippen LogP contribution in [0, 0.1) is 0 Å². The molecule has 7 heteroatoms. The Balaban J connectivity index is 1.90. The Morgan fingerprint density at radius 1 is 1.05 bits per heavy atom.